The Kier molecular flexibility index (Phi) is 13.1. The van der Waals surface area contributed by atoms with E-state index < -0.39 is 0 Å². The standard InChI is InChI=1S/C21H40N4O2.HI/c1-17(2)20(26)25-14-12-18(16-25)24-21(22-3)23-13-8-5-9-15-27-19-10-6-4-7-11-19;/h17-19H,4-16H2,1-3H3,(H2,22,23,24);1H. The van der Waals surface area contributed by atoms with Crippen LogP contribution in [0.1, 0.15) is 71.6 Å². The number of halogens is 1. The van der Waals surface area contributed by atoms with Crippen LogP contribution in [0.2, 0.25) is 0 Å². The summed E-state index contributed by atoms with van der Waals surface area (Å²) in [7, 11) is 1.80. The predicted octanol–water partition coefficient (Wildman–Crippen LogP) is 3.55. The van der Waals surface area contributed by atoms with Crippen molar-refractivity contribution in [3.05, 3.63) is 0 Å². The van der Waals surface area contributed by atoms with Gasteiger partial charge in [0, 0.05) is 45.2 Å². The first kappa shape index (κ1) is 25.5. The highest BCUT2D eigenvalue weighted by Crippen LogP contribution is 2.20. The van der Waals surface area contributed by atoms with E-state index in [9.17, 15) is 4.79 Å². The highest BCUT2D eigenvalue weighted by atomic mass is 127. The summed E-state index contributed by atoms with van der Waals surface area (Å²) in [5.41, 5.74) is 0. The summed E-state index contributed by atoms with van der Waals surface area (Å²) in [5, 5.41) is 6.85. The van der Waals surface area contributed by atoms with E-state index in [1.54, 1.807) is 7.05 Å². The molecule has 1 aliphatic carbocycles. The van der Waals surface area contributed by atoms with E-state index in [2.05, 4.69) is 15.6 Å². The number of aliphatic imine (C=N–C) groups is 1. The highest BCUT2D eigenvalue weighted by molar-refractivity contribution is 14.0. The molecule has 0 bridgehead atoms. The second-order valence-electron chi connectivity index (χ2n) is 8.26. The lowest BCUT2D eigenvalue weighted by Gasteiger charge is -2.22. The molecule has 1 heterocycles. The zero-order valence-corrected chi connectivity index (χ0v) is 20.4. The summed E-state index contributed by atoms with van der Waals surface area (Å²) in [6, 6.07) is 0.294. The third-order valence-electron chi connectivity index (χ3n) is 5.58. The van der Waals surface area contributed by atoms with Gasteiger partial charge in [0.05, 0.1) is 6.10 Å². The van der Waals surface area contributed by atoms with Crippen molar-refractivity contribution in [3.63, 3.8) is 0 Å². The molecule has 0 aromatic carbocycles. The number of ether oxygens (including phenoxy) is 1. The summed E-state index contributed by atoms with van der Waals surface area (Å²) in [4.78, 5) is 18.4. The van der Waals surface area contributed by atoms with Gasteiger partial charge in [0.2, 0.25) is 5.91 Å². The van der Waals surface area contributed by atoms with Crippen molar-refractivity contribution in [2.45, 2.75) is 83.8 Å². The smallest absolute Gasteiger partial charge is 0.225 e. The van der Waals surface area contributed by atoms with Crippen LogP contribution in [-0.4, -0.2) is 62.2 Å². The molecule has 7 heteroatoms. The molecule has 0 aromatic rings. The van der Waals surface area contributed by atoms with Gasteiger partial charge in [0.15, 0.2) is 5.96 Å². The van der Waals surface area contributed by atoms with Crippen LogP contribution >= 0.6 is 24.0 Å². The lowest BCUT2D eigenvalue weighted by Crippen LogP contribution is -2.45. The summed E-state index contributed by atoms with van der Waals surface area (Å²) in [5.74, 6) is 1.17. The number of carbonyl (C=O) groups excluding carboxylic acids is 1. The van der Waals surface area contributed by atoms with Crippen molar-refractivity contribution in [1.82, 2.24) is 15.5 Å². The van der Waals surface area contributed by atoms with E-state index in [4.69, 9.17) is 4.74 Å². The molecule has 0 radical (unpaired) electrons. The van der Waals surface area contributed by atoms with Crippen LogP contribution in [0.15, 0.2) is 4.99 Å². The van der Waals surface area contributed by atoms with E-state index >= 15 is 0 Å². The molecule has 28 heavy (non-hydrogen) atoms. The molecule has 2 fully saturated rings. The van der Waals surface area contributed by atoms with Crippen molar-refractivity contribution in [3.8, 4) is 0 Å². The second-order valence-corrected chi connectivity index (χ2v) is 8.26. The lowest BCUT2D eigenvalue weighted by molar-refractivity contribution is -0.133. The van der Waals surface area contributed by atoms with Crippen LogP contribution < -0.4 is 10.6 Å². The van der Waals surface area contributed by atoms with E-state index in [0.717, 1.165) is 51.5 Å². The number of nitrogens with one attached hydrogen (secondary N) is 2. The fraction of sp³-hybridized carbons (Fsp3) is 0.905. The van der Waals surface area contributed by atoms with Crippen LogP contribution in [-0.2, 0) is 9.53 Å². The van der Waals surface area contributed by atoms with Crippen LogP contribution in [0.3, 0.4) is 0 Å². The Hall–Kier alpha value is -0.570. The normalized spacial score (nSPS) is 20.9. The summed E-state index contributed by atoms with van der Waals surface area (Å²) in [6.45, 7) is 7.36. The van der Waals surface area contributed by atoms with Crippen molar-refractivity contribution in [2.75, 3.05) is 33.3 Å². The Morgan fingerprint density at radius 2 is 1.89 bits per heavy atom. The molecule has 1 amide bonds. The highest BCUT2D eigenvalue weighted by Gasteiger charge is 2.27. The van der Waals surface area contributed by atoms with Gasteiger partial charge < -0.3 is 20.3 Å². The summed E-state index contributed by atoms with van der Waals surface area (Å²) < 4.78 is 5.98. The number of carbonyl (C=O) groups is 1. The average molecular weight is 508 g/mol. The SMILES string of the molecule is CN=C(NCCCCCOC1CCCCC1)NC1CCN(C(=O)C(C)C)C1.I. The molecule has 6 nitrogen and oxygen atoms in total. The minimum atomic E-state index is 0. The molecule has 0 aromatic heterocycles. The topological polar surface area (TPSA) is 66.0 Å². The Balaban J connectivity index is 0.00000392. The fourth-order valence-corrected chi connectivity index (χ4v) is 3.92. The number of guanidine groups is 1. The number of hydrogen-bond acceptors (Lipinski definition) is 3. The van der Waals surface area contributed by atoms with Gasteiger partial charge in [0.25, 0.3) is 0 Å². The first-order chi connectivity index (χ1) is 13.1. The molecule has 2 rings (SSSR count). The number of amides is 1. The Bertz CT molecular complexity index is 467. The Morgan fingerprint density at radius 3 is 2.57 bits per heavy atom. The van der Waals surface area contributed by atoms with Gasteiger partial charge in [-0.05, 0) is 38.5 Å². The zero-order valence-electron chi connectivity index (χ0n) is 18.0. The maximum Gasteiger partial charge on any atom is 0.225 e. The first-order valence-electron chi connectivity index (χ1n) is 11.0. The molecule has 2 aliphatic rings. The molecule has 2 N–H and O–H groups in total. The summed E-state index contributed by atoms with van der Waals surface area (Å²) in [6.07, 6.45) is 11.5. The number of rotatable bonds is 9. The predicted molar refractivity (Wildman–Crippen MR) is 126 cm³/mol. The summed E-state index contributed by atoms with van der Waals surface area (Å²) >= 11 is 0. The molecule has 164 valence electrons. The van der Waals surface area contributed by atoms with E-state index in [0.29, 0.717) is 12.1 Å². The largest absolute Gasteiger partial charge is 0.378 e. The molecule has 1 saturated carbocycles. The average Bonchev–Trinajstić information content (AvgIpc) is 3.14. The molecular formula is C21H41IN4O2. The van der Waals surface area contributed by atoms with Crippen LogP contribution in [0.4, 0.5) is 0 Å². The van der Waals surface area contributed by atoms with Crippen LogP contribution in [0.25, 0.3) is 0 Å². The van der Waals surface area contributed by atoms with Crippen LogP contribution in [0, 0.1) is 5.92 Å². The number of unbranched alkanes of at least 4 members (excludes halogenated alkanes) is 2. The quantitative estimate of drug-likeness (QED) is 0.217. The Labute approximate surface area is 188 Å². The minimum absolute atomic E-state index is 0. The maximum absolute atomic E-state index is 12.1. The fourth-order valence-electron chi connectivity index (χ4n) is 3.92. The molecule has 1 aliphatic heterocycles. The number of nitrogens with zero attached hydrogens (tertiary/aromatic N) is 2. The Morgan fingerprint density at radius 1 is 1.14 bits per heavy atom. The minimum Gasteiger partial charge on any atom is -0.378 e. The van der Waals surface area contributed by atoms with E-state index in [1.165, 1.54) is 38.5 Å². The first-order valence-corrected chi connectivity index (χ1v) is 11.0. The van der Waals surface area contributed by atoms with Gasteiger partial charge in [-0.2, -0.15) is 0 Å². The van der Waals surface area contributed by atoms with Crippen molar-refractivity contribution in [1.29, 1.82) is 0 Å². The van der Waals surface area contributed by atoms with Crippen molar-refractivity contribution >= 4 is 35.8 Å². The van der Waals surface area contributed by atoms with E-state index in [1.807, 2.05) is 18.7 Å². The molecular weight excluding hydrogens is 467 g/mol. The van der Waals surface area contributed by atoms with Crippen molar-refractivity contribution < 1.29 is 9.53 Å². The molecule has 1 saturated heterocycles. The molecule has 1 unspecified atom stereocenters. The van der Waals surface area contributed by atoms with Gasteiger partial charge in [-0.3, -0.25) is 9.79 Å². The molecule has 1 atom stereocenters. The van der Waals surface area contributed by atoms with Crippen LogP contribution in [0.5, 0.6) is 0 Å². The third-order valence-corrected chi connectivity index (χ3v) is 5.58. The zero-order chi connectivity index (χ0) is 19.5. The maximum atomic E-state index is 12.1. The van der Waals surface area contributed by atoms with Crippen molar-refractivity contribution in [2.24, 2.45) is 10.9 Å². The van der Waals surface area contributed by atoms with Gasteiger partial charge >= 0.3 is 0 Å². The third kappa shape index (κ3) is 9.29. The van der Waals surface area contributed by atoms with Gasteiger partial charge in [0.1, 0.15) is 0 Å². The van der Waals surface area contributed by atoms with Gasteiger partial charge in [-0.15, -0.1) is 24.0 Å². The number of hydrogen-bond donors (Lipinski definition) is 2. The second kappa shape index (κ2) is 14.4. The monoisotopic (exact) mass is 508 g/mol. The van der Waals surface area contributed by atoms with Gasteiger partial charge in [-0.1, -0.05) is 33.1 Å². The molecule has 0 spiro atoms. The van der Waals surface area contributed by atoms with E-state index in [-0.39, 0.29) is 35.8 Å². The van der Waals surface area contributed by atoms with Gasteiger partial charge in [-0.25, -0.2) is 0 Å². The number of likely N-dealkylation sites (tertiary alicyclic amines) is 1. The lowest BCUT2D eigenvalue weighted by atomic mass is 9.98.